The predicted molar refractivity (Wildman–Crippen MR) is 187 cm³/mol. The van der Waals surface area contributed by atoms with Crippen molar-refractivity contribution in [1.29, 1.82) is 0 Å². The molecule has 4 atom stereocenters. The van der Waals surface area contributed by atoms with Crippen LogP contribution in [0.4, 0.5) is 0 Å². The molecule has 50 heavy (non-hydrogen) atoms. The maximum absolute atomic E-state index is 12.8. The highest BCUT2D eigenvalue weighted by Gasteiger charge is 2.49. The predicted octanol–water partition coefficient (Wildman–Crippen LogP) is 2.70. The van der Waals surface area contributed by atoms with Gasteiger partial charge in [0.25, 0.3) is 5.56 Å². The van der Waals surface area contributed by atoms with Crippen molar-refractivity contribution >= 4 is 11.0 Å². The molecule has 6 rings (SSSR count). The van der Waals surface area contributed by atoms with Gasteiger partial charge in [0.1, 0.15) is 35.9 Å². The van der Waals surface area contributed by atoms with Crippen molar-refractivity contribution in [3.8, 4) is 23.0 Å². The maximum Gasteiger partial charge on any atom is 0.349 e. The van der Waals surface area contributed by atoms with E-state index in [1.807, 2.05) is 32.0 Å². The van der Waals surface area contributed by atoms with Crippen molar-refractivity contribution in [2.24, 2.45) is 0 Å². The molecular formula is C38H38N4O8. The normalized spacial score (nSPS) is 14.3. The molecule has 4 aromatic carbocycles. The fourth-order valence-electron chi connectivity index (χ4n) is 6.62. The zero-order valence-electron chi connectivity index (χ0n) is 27.9. The van der Waals surface area contributed by atoms with Gasteiger partial charge in [0.15, 0.2) is 11.5 Å². The molecule has 0 fully saturated rings. The number of aryl methyl sites for hydroxylation is 2. The number of aromatic amines is 1. The second-order valence-electron chi connectivity index (χ2n) is 12.3. The topological polar surface area (TPSA) is 180 Å². The highest BCUT2D eigenvalue weighted by molar-refractivity contribution is 5.81. The average Bonchev–Trinajstić information content (AvgIpc) is 3.13. The number of nitrogens with one attached hydrogen (secondary N) is 1. The molecule has 2 aliphatic rings. The molecule has 0 spiro atoms. The number of methoxy groups -OCH3 is 2. The molecule has 5 N–H and O–H groups in total. The lowest BCUT2D eigenvalue weighted by atomic mass is 9.64. The van der Waals surface area contributed by atoms with E-state index >= 15 is 0 Å². The van der Waals surface area contributed by atoms with E-state index in [1.54, 1.807) is 87.0 Å². The summed E-state index contributed by atoms with van der Waals surface area (Å²) in [7, 11) is 3.08. The van der Waals surface area contributed by atoms with Crippen LogP contribution in [0.1, 0.15) is 27.8 Å². The molecule has 1 unspecified atom stereocenters. The van der Waals surface area contributed by atoms with Crippen LogP contribution in [0.25, 0.3) is 22.6 Å². The first-order valence-corrected chi connectivity index (χ1v) is 16.0. The highest BCUT2D eigenvalue weighted by atomic mass is 16.5. The van der Waals surface area contributed by atoms with Crippen molar-refractivity contribution < 1.29 is 29.9 Å². The van der Waals surface area contributed by atoms with E-state index in [0.29, 0.717) is 39.2 Å². The smallest absolute Gasteiger partial charge is 0.349 e. The number of H-pyrrole nitrogens is 1. The lowest BCUT2D eigenvalue weighted by Gasteiger charge is -2.43. The van der Waals surface area contributed by atoms with Gasteiger partial charge in [-0.2, -0.15) is 4.98 Å². The SMILES string of the molecule is COc1ccc(C(c2ccccc2)(c2ccc(OC)cc2)C(O)[C@H](O)[C@H](O)[C@H](O)Cn2c3nc(=O)[nH]c(=O)c-3nc3cc(C)c(C)cc32)cc1. The van der Waals surface area contributed by atoms with E-state index in [9.17, 15) is 30.0 Å². The minimum absolute atomic E-state index is 0.106. The molecule has 0 bridgehead atoms. The molecule has 12 heteroatoms. The first-order chi connectivity index (χ1) is 24.0. The second kappa shape index (κ2) is 13.8. The Hall–Kier alpha value is -5.40. The largest absolute Gasteiger partial charge is 0.497 e. The van der Waals surface area contributed by atoms with Gasteiger partial charge in [-0.05, 0) is 78.1 Å². The molecular weight excluding hydrogens is 640 g/mol. The van der Waals surface area contributed by atoms with Gasteiger partial charge in [0.05, 0.1) is 37.2 Å². The summed E-state index contributed by atoms with van der Waals surface area (Å²) in [5, 5.41) is 47.6. The average molecular weight is 679 g/mol. The summed E-state index contributed by atoms with van der Waals surface area (Å²) in [6.45, 7) is 3.35. The number of benzene rings is 4. The number of hydrogen-bond donors (Lipinski definition) is 5. The maximum atomic E-state index is 12.8. The summed E-state index contributed by atoms with van der Waals surface area (Å²) in [5.41, 5.74) is 1.07. The number of aliphatic hydroxyl groups is 4. The van der Waals surface area contributed by atoms with Gasteiger partial charge in [-0.1, -0.05) is 54.6 Å². The fourth-order valence-corrected chi connectivity index (χ4v) is 6.62. The summed E-state index contributed by atoms with van der Waals surface area (Å²) in [4.78, 5) is 35.6. The number of rotatable bonds is 11. The Bertz CT molecular complexity index is 2150. The summed E-state index contributed by atoms with van der Waals surface area (Å²) >= 11 is 0. The first-order valence-electron chi connectivity index (χ1n) is 16.0. The Morgan fingerprint density at radius 2 is 1.28 bits per heavy atom. The number of aliphatic hydroxyl groups excluding tert-OH is 4. The molecule has 0 amide bonds. The quantitative estimate of drug-likeness (QED) is 0.101. The van der Waals surface area contributed by atoms with Crippen molar-refractivity contribution in [3.63, 3.8) is 0 Å². The number of nitrogens with zero attached hydrogens (tertiary/aromatic N) is 3. The molecule has 258 valence electrons. The zero-order chi connectivity index (χ0) is 35.7. The Kier molecular flexibility index (Phi) is 9.54. The van der Waals surface area contributed by atoms with Crippen LogP contribution >= 0.6 is 0 Å². The molecule has 2 aliphatic heterocycles. The fraction of sp³-hybridized carbons (Fsp3) is 0.263. The second-order valence-corrected chi connectivity index (χ2v) is 12.3. The highest BCUT2D eigenvalue weighted by Crippen LogP contribution is 2.45. The van der Waals surface area contributed by atoms with Crippen LogP contribution in [0.3, 0.4) is 0 Å². The third-order valence-corrected chi connectivity index (χ3v) is 9.43. The minimum atomic E-state index is -1.94. The Morgan fingerprint density at radius 1 is 0.740 bits per heavy atom. The molecule has 0 aromatic heterocycles. The molecule has 2 heterocycles. The number of hydrogen-bond acceptors (Lipinski definition) is 10. The van der Waals surface area contributed by atoms with Crippen molar-refractivity contribution in [2.45, 2.75) is 50.2 Å². The molecule has 4 aromatic rings. The van der Waals surface area contributed by atoms with Gasteiger partial charge in [0.2, 0.25) is 0 Å². The van der Waals surface area contributed by atoms with Crippen molar-refractivity contribution in [3.05, 3.63) is 140 Å². The standard InChI is InChI=1S/C38H38N4O8/c1-21-18-28-29(19-22(21)2)42(35-31(39-28)36(47)41-37(48)40-35)20-30(43)32(44)33(45)34(46)38(23-8-6-5-7-9-23,24-10-14-26(49-3)15-11-24)25-12-16-27(50-4)17-13-25/h5-19,30,32-34,43-46H,20H2,1-4H3,(H,41,47,48)/t30-,32-,33-,34?/m1/s1. The van der Waals surface area contributed by atoms with Crippen LogP contribution in [0, 0.1) is 13.8 Å². The monoisotopic (exact) mass is 678 g/mol. The van der Waals surface area contributed by atoms with E-state index in [0.717, 1.165) is 11.1 Å². The van der Waals surface area contributed by atoms with Crippen LogP contribution < -0.4 is 20.7 Å². The summed E-state index contributed by atoms with van der Waals surface area (Å²) in [6, 6.07) is 26.6. The van der Waals surface area contributed by atoms with Crippen LogP contribution in [0.2, 0.25) is 0 Å². The van der Waals surface area contributed by atoms with E-state index in [2.05, 4.69) is 15.0 Å². The lowest BCUT2D eigenvalue weighted by Crippen LogP contribution is -2.55. The summed E-state index contributed by atoms with van der Waals surface area (Å²) < 4.78 is 12.2. The summed E-state index contributed by atoms with van der Waals surface area (Å²) in [5.74, 6) is 1.04. The third kappa shape index (κ3) is 6.03. The molecule has 0 saturated carbocycles. The first kappa shape index (κ1) is 34.5. The van der Waals surface area contributed by atoms with Crippen LogP contribution in [-0.2, 0) is 12.0 Å². The van der Waals surface area contributed by atoms with Gasteiger partial charge >= 0.3 is 5.69 Å². The zero-order valence-corrected chi connectivity index (χ0v) is 27.9. The van der Waals surface area contributed by atoms with E-state index in [1.165, 1.54) is 4.57 Å². The van der Waals surface area contributed by atoms with Gasteiger partial charge in [-0.15, -0.1) is 0 Å². The number of fused-ring (bicyclic) bond motifs is 2. The van der Waals surface area contributed by atoms with Gasteiger partial charge in [0, 0.05) is 0 Å². The van der Waals surface area contributed by atoms with Gasteiger partial charge < -0.3 is 34.5 Å². The van der Waals surface area contributed by atoms with Gasteiger partial charge in [-0.3, -0.25) is 9.78 Å². The molecule has 0 aliphatic carbocycles. The number of aromatic nitrogens is 4. The Morgan fingerprint density at radius 3 is 1.84 bits per heavy atom. The van der Waals surface area contributed by atoms with E-state index in [-0.39, 0.29) is 11.5 Å². The number of ether oxygens (including phenoxy) is 2. The van der Waals surface area contributed by atoms with Crippen molar-refractivity contribution in [1.82, 2.24) is 19.5 Å². The minimum Gasteiger partial charge on any atom is -0.497 e. The molecule has 12 nitrogen and oxygen atoms in total. The van der Waals surface area contributed by atoms with Crippen LogP contribution in [-0.4, -0.2) is 78.6 Å². The lowest BCUT2D eigenvalue weighted by molar-refractivity contribution is -0.118. The van der Waals surface area contributed by atoms with Gasteiger partial charge in [-0.25, -0.2) is 9.78 Å². The van der Waals surface area contributed by atoms with E-state index < -0.39 is 47.6 Å². The van der Waals surface area contributed by atoms with E-state index in [4.69, 9.17) is 9.47 Å². The Labute approximate surface area is 287 Å². The third-order valence-electron chi connectivity index (χ3n) is 9.43. The van der Waals surface area contributed by atoms with Crippen LogP contribution in [0.5, 0.6) is 11.5 Å². The van der Waals surface area contributed by atoms with Crippen LogP contribution in [0.15, 0.2) is 101 Å². The van der Waals surface area contributed by atoms with Crippen molar-refractivity contribution in [2.75, 3.05) is 14.2 Å². The Balaban J connectivity index is 1.47. The molecule has 0 saturated heterocycles. The molecule has 0 radical (unpaired) electrons. The summed E-state index contributed by atoms with van der Waals surface area (Å²) in [6.07, 6.45) is -7.34.